The number of halogens is 1. The fourth-order valence-electron chi connectivity index (χ4n) is 2.87. The van der Waals surface area contributed by atoms with E-state index in [0.29, 0.717) is 11.3 Å². The number of hydrogen-bond donors (Lipinski definition) is 1. The van der Waals surface area contributed by atoms with Crippen molar-refractivity contribution < 1.29 is 4.79 Å². The smallest absolute Gasteiger partial charge is 0.273 e. The van der Waals surface area contributed by atoms with Crippen LogP contribution < -0.4 is 5.43 Å². The van der Waals surface area contributed by atoms with E-state index in [-0.39, 0.29) is 5.91 Å². The summed E-state index contributed by atoms with van der Waals surface area (Å²) in [6.45, 7) is 2.09. The molecule has 1 aliphatic heterocycles. The molecule has 1 amide bonds. The summed E-state index contributed by atoms with van der Waals surface area (Å²) in [6.07, 6.45) is 5.67. The number of benzene rings is 1. The Morgan fingerprint density at radius 1 is 1.38 bits per heavy atom. The molecule has 0 spiro atoms. The highest BCUT2D eigenvalue weighted by Gasteiger charge is 2.26. The number of carbonyl (C=O) groups excluding carboxylic acids is 1. The molecule has 0 saturated carbocycles. The van der Waals surface area contributed by atoms with Crippen LogP contribution in [0.25, 0.3) is 17.0 Å². The van der Waals surface area contributed by atoms with E-state index in [1.165, 1.54) is 20.5 Å². The summed E-state index contributed by atoms with van der Waals surface area (Å²) in [5, 5.41) is 7.91. The second-order valence-electron chi connectivity index (χ2n) is 5.63. The van der Waals surface area contributed by atoms with Gasteiger partial charge in [0.2, 0.25) is 0 Å². The van der Waals surface area contributed by atoms with Crippen molar-refractivity contribution in [1.29, 1.82) is 0 Å². The zero-order valence-electron chi connectivity index (χ0n) is 13.0. The maximum Gasteiger partial charge on any atom is 0.273 e. The largest absolute Gasteiger partial charge is 0.350 e. The van der Waals surface area contributed by atoms with Crippen LogP contribution in [0.15, 0.2) is 40.6 Å². The first-order chi connectivity index (χ1) is 11.5. The van der Waals surface area contributed by atoms with Gasteiger partial charge in [0.05, 0.1) is 5.57 Å². The van der Waals surface area contributed by atoms with Crippen LogP contribution in [0.4, 0.5) is 0 Å². The minimum Gasteiger partial charge on any atom is -0.350 e. The van der Waals surface area contributed by atoms with Gasteiger partial charge in [-0.25, -0.2) is 10.4 Å². The lowest BCUT2D eigenvalue weighted by Crippen LogP contribution is -2.13. The lowest BCUT2D eigenvalue weighted by Gasteiger charge is -2.02. The third-order valence-corrected chi connectivity index (χ3v) is 5.55. The van der Waals surface area contributed by atoms with E-state index in [0.717, 1.165) is 21.5 Å². The van der Waals surface area contributed by atoms with Gasteiger partial charge in [-0.3, -0.25) is 4.79 Å². The monoisotopic (exact) mass is 448 g/mol. The summed E-state index contributed by atoms with van der Waals surface area (Å²) < 4.78 is 3.26. The Bertz CT molecular complexity index is 1030. The fourth-order valence-corrected chi connectivity index (χ4v) is 4.59. The number of thiazole rings is 1. The molecule has 120 valence electrons. The number of carbonyl (C=O) groups is 1. The zero-order chi connectivity index (χ0) is 16.8. The Labute approximate surface area is 156 Å². The Balaban J connectivity index is 1.91. The van der Waals surface area contributed by atoms with Gasteiger partial charge in [-0.1, -0.05) is 0 Å². The molecule has 1 N–H and O–H groups in total. The lowest BCUT2D eigenvalue weighted by atomic mass is 10.1. The van der Waals surface area contributed by atoms with Crippen molar-refractivity contribution in [2.75, 3.05) is 0 Å². The summed E-state index contributed by atoms with van der Waals surface area (Å²) in [6, 6.07) is 4.31. The topological polar surface area (TPSA) is 59.3 Å². The van der Waals surface area contributed by atoms with Gasteiger partial charge in [-0.15, -0.1) is 11.3 Å². The van der Waals surface area contributed by atoms with E-state index in [1.54, 1.807) is 6.20 Å². The maximum atomic E-state index is 12.2. The van der Waals surface area contributed by atoms with Gasteiger partial charge in [0.25, 0.3) is 5.91 Å². The third-order valence-electron chi connectivity index (χ3n) is 3.92. The average Bonchev–Trinajstić information content (AvgIpc) is 3.22. The highest BCUT2D eigenvalue weighted by atomic mass is 127. The molecule has 0 aliphatic carbocycles. The number of aryl methyl sites for hydroxylation is 2. The number of hydrogen-bond acceptors (Lipinski definition) is 4. The second kappa shape index (κ2) is 5.82. The van der Waals surface area contributed by atoms with Gasteiger partial charge in [-0.05, 0) is 53.3 Å². The molecule has 0 unspecified atom stereocenters. The molecule has 4 rings (SSSR count). The van der Waals surface area contributed by atoms with Crippen molar-refractivity contribution >= 4 is 62.5 Å². The van der Waals surface area contributed by atoms with E-state index in [4.69, 9.17) is 0 Å². The van der Waals surface area contributed by atoms with Crippen LogP contribution in [0, 0.1) is 10.5 Å². The van der Waals surface area contributed by atoms with E-state index >= 15 is 0 Å². The molecule has 0 bridgehead atoms. The fraction of sp³-hybridized carbons (Fsp3) is 0.118. The van der Waals surface area contributed by atoms with Gasteiger partial charge in [0, 0.05) is 44.9 Å². The molecule has 0 radical (unpaired) electrons. The van der Waals surface area contributed by atoms with Gasteiger partial charge >= 0.3 is 0 Å². The molecule has 3 heterocycles. The van der Waals surface area contributed by atoms with Crippen molar-refractivity contribution in [3.63, 3.8) is 0 Å². The van der Waals surface area contributed by atoms with Crippen molar-refractivity contribution in [3.8, 4) is 0 Å². The minimum absolute atomic E-state index is 0.195. The van der Waals surface area contributed by atoms with Crippen LogP contribution in [-0.4, -0.2) is 21.2 Å². The summed E-state index contributed by atoms with van der Waals surface area (Å²) >= 11 is 3.82. The molecule has 5 nitrogen and oxygen atoms in total. The Hall–Kier alpha value is -2.00. The van der Waals surface area contributed by atoms with Gasteiger partial charge in [0.1, 0.15) is 10.7 Å². The normalized spacial score (nSPS) is 16.0. The Morgan fingerprint density at radius 2 is 2.21 bits per heavy atom. The summed E-state index contributed by atoms with van der Waals surface area (Å²) in [4.78, 5) is 16.5. The maximum absolute atomic E-state index is 12.2. The van der Waals surface area contributed by atoms with Crippen LogP contribution in [0.1, 0.15) is 16.1 Å². The number of aromatic nitrogens is 2. The van der Waals surface area contributed by atoms with E-state index in [9.17, 15) is 4.79 Å². The van der Waals surface area contributed by atoms with Crippen molar-refractivity contribution in [2.24, 2.45) is 12.1 Å². The SMILES string of the molecule is Cc1cc(I)c2c(C=C3C(=O)NN=C3c3nccs3)cn(C)c2c1. The standard InChI is InChI=1S/C17H13IN4OS/c1-9-5-12(18)14-10(8-22(2)13(14)6-9)7-11-15(20-21-16(11)23)17-19-3-4-24-17/h3-8H,1-2H3,(H,21,23). The number of amides is 1. The quantitative estimate of drug-likeness (QED) is 0.482. The molecular formula is C17H13IN4OS. The number of fused-ring (bicyclic) bond motifs is 1. The Kier molecular flexibility index (Phi) is 3.76. The summed E-state index contributed by atoms with van der Waals surface area (Å²) in [5.41, 5.74) is 7.08. The predicted octanol–water partition coefficient (Wildman–Crippen LogP) is 3.47. The van der Waals surface area contributed by atoms with Gasteiger partial charge in [-0.2, -0.15) is 5.10 Å². The molecule has 3 aromatic rings. The molecule has 0 saturated heterocycles. The first-order valence-electron chi connectivity index (χ1n) is 7.30. The van der Waals surface area contributed by atoms with Crippen molar-refractivity contribution in [1.82, 2.24) is 15.0 Å². The van der Waals surface area contributed by atoms with Gasteiger partial charge < -0.3 is 4.57 Å². The molecular weight excluding hydrogens is 435 g/mol. The molecule has 1 aromatic carbocycles. The number of nitrogens with one attached hydrogen (secondary N) is 1. The van der Waals surface area contributed by atoms with E-state index < -0.39 is 0 Å². The highest BCUT2D eigenvalue weighted by molar-refractivity contribution is 14.1. The third kappa shape index (κ3) is 2.48. The average molecular weight is 448 g/mol. The summed E-state index contributed by atoms with van der Waals surface area (Å²) in [5.74, 6) is -0.195. The number of hydrazone groups is 1. The zero-order valence-corrected chi connectivity index (χ0v) is 16.0. The van der Waals surface area contributed by atoms with E-state index in [2.05, 4.69) is 61.7 Å². The first-order valence-corrected chi connectivity index (χ1v) is 9.25. The molecule has 2 aromatic heterocycles. The first kappa shape index (κ1) is 15.5. The van der Waals surface area contributed by atoms with Crippen molar-refractivity contribution in [2.45, 2.75) is 6.92 Å². The molecule has 0 fully saturated rings. The van der Waals surface area contributed by atoms with Crippen LogP contribution in [-0.2, 0) is 11.8 Å². The molecule has 7 heteroatoms. The number of rotatable bonds is 2. The minimum atomic E-state index is -0.195. The highest BCUT2D eigenvalue weighted by Crippen LogP contribution is 2.30. The lowest BCUT2D eigenvalue weighted by molar-refractivity contribution is -0.116. The molecule has 1 aliphatic rings. The molecule has 0 atom stereocenters. The van der Waals surface area contributed by atoms with Crippen LogP contribution in [0.3, 0.4) is 0 Å². The summed E-state index contributed by atoms with van der Waals surface area (Å²) in [7, 11) is 2.02. The van der Waals surface area contributed by atoms with E-state index in [1.807, 2.05) is 24.7 Å². The molecule has 24 heavy (non-hydrogen) atoms. The predicted molar refractivity (Wildman–Crippen MR) is 105 cm³/mol. The number of nitrogens with zero attached hydrogens (tertiary/aromatic N) is 3. The second-order valence-corrected chi connectivity index (χ2v) is 7.69. The van der Waals surface area contributed by atoms with Crippen LogP contribution in [0.5, 0.6) is 0 Å². The van der Waals surface area contributed by atoms with Crippen LogP contribution >= 0.6 is 33.9 Å². The van der Waals surface area contributed by atoms with Crippen molar-refractivity contribution in [3.05, 3.63) is 55.2 Å². The van der Waals surface area contributed by atoms with Crippen LogP contribution in [0.2, 0.25) is 0 Å². The Morgan fingerprint density at radius 3 is 2.96 bits per heavy atom. The van der Waals surface area contributed by atoms with Gasteiger partial charge in [0.15, 0.2) is 0 Å².